The van der Waals surface area contributed by atoms with Crippen LogP contribution in [0.3, 0.4) is 0 Å². The number of nitrogens with zero attached hydrogens (tertiary/aromatic N) is 3. The first-order chi connectivity index (χ1) is 14.6. The van der Waals surface area contributed by atoms with Crippen molar-refractivity contribution in [1.82, 2.24) is 14.3 Å². The van der Waals surface area contributed by atoms with E-state index >= 15 is 0 Å². The van der Waals surface area contributed by atoms with Gasteiger partial charge in [-0.2, -0.15) is 0 Å². The lowest BCUT2D eigenvalue weighted by atomic mass is 9.74. The molecule has 30 heavy (non-hydrogen) atoms. The number of thiazole rings is 1. The molecular weight excluding hydrogens is 394 g/mol. The summed E-state index contributed by atoms with van der Waals surface area (Å²) in [4.78, 5) is 21.1. The molecule has 6 heteroatoms. The molecule has 0 saturated carbocycles. The van der Waals surface area contributed by atoms with Gasteiger partial charge in [-0.3, -0.25) is 14.1 Å². The zero-order chi connectivity index (χ0) is 21.0. The Labute approximate surface area is 182 Å². The number of likely N-dealkylation sites (tertiary alicyclic amines) is 1. The predicted octanol–water partition coefficient (Wildman–Crippen LogP) is 4.87. The van der Waals surface area contributed by atoms with Gasteiger partial charge < -0.3 is 4.74 Å². The third-order valence-electron chi connectivity index (χ3n) is 6.42. The van der Waals surface area contributed by atoms with Crippen LogP contribution in [0.4, 0.5) is 0 Å². The van der Waals surface area contributed by atoms with E-state index in [1.165, 1.54) is 11.3 Å². The zero-order valence-electron chi connectivity index (χ0n) is 18.0. The van der Waals surface area contributed by atoms with E-state index in [0.717, 1.165) is 62.4 Å². The maximum atomic E-state index is 12.9. The Morgan fingerprint density at radius 3 is 2.73 bits per heavy atom. The fourth-order valence-corrected chi connectivity index (χ4v) is 5.38. The maximum Gasteiger partial charge on any atom is 0.312 e. The minimum atomic E-state index is -0.342. The SMILES string of the molecule is CCOC(=O)C1(CCCc2ccccc2)CCN(Cc2c(C)nc3sccn23)CC1. The lowest BCUT2D eigenvalue weighted by Gasteiger charge is -2.40. The van der Waals surface area contributed by atoms with E-state index in [1.807, 2.05) is 13.0 Å². The average molecular weight is 426 g/mol. The number of piperidine rings is 1. The van der Waals surface area contributed by atoms with Gasteiger partial charge >= 0.3 is 5.97 Å². The highest BCUT2D eigenvalue weighted by molar-refractivity contribution is 7.15. The van der Waals surface area contributed by atoms with E-state index in [9.17, 15) is 4.79 Å². The molecule has 0 spiro atoms. The zero-order valence-corrected chi connectivity index (χ0v) is 18.8. The van der Waals surface area contributed by atoms with Gasteiger partial charge in [-0.05, 0) is 64.6 Å². The number of imidazole rings is 1. The van der Waals surface area contributed by atoms with E-state index in [1.54, 1.807) is 11.3 Å². The molecule has 3 aromatic rings. The van der Waals surface area contributed by atoms with Crippen molar-refractivity contribution in [2.75, 3.05) is 19.7 Å². The van der Waals surface area contributed by atoms with Gasteiger partial charge in [0, 0.05) is 18.1 Å². The van der Waals surface area contributed by atoms with Crippen LogP contribution in [-0.2, 0) is 22.5 Å². The van der Waals surface area contributed by atoms with Crippen LogP contribution in [0.5, 0.6) is 0 Å². The van der Waals surface area contributed by atoms with Gasteiger partial charge in [0.25, 0.3) is 0 Å². The minimum absolute atomic E-state index is 0.00142. The molecule has 1 saturated heterocycles. The van der Waals surface area contributed by atoms with Crippen molar-refractivity contribution < 1.29 is 9.53 Å². The number of aryl methyl sites for hydroxylation is 2. The van der Waals surface area contributed by atoms with Crippen LogP contribution in [0.1, 0.15) is 49.6 Å². The molecule has 4 rings (SSSR count). The third-order valence-corrected chi connectivity index (χ3v) is 7.18. The van der Waals surface area contributed by atoms with Crippen molar-refractivity contribution in [2.45, 2.75) is 52.5 Å². The molecule has 1 aliphatic heterocycles. The van der Waals surface area contributed by atoms with E-state index < -0.39 is 0 Å². The number of hydrogen-bond acceptors (Lipinski definition) is 5. The predicted molar refractivity (Wildman–Crippen MR) is 121 cm³/mol. The summed E-state index contributed by atoms with van der Waals surface area (Å²) in [5, 5.41) is 2.08. The fraction of sp³-hybridized carbons (Fsp3) is 0.500. The van der Waals surface area contributed by atoms with Crippen LogP contribution >= 0.6 is 11.3 Å². The van der Waals surface area contributed by atoms with Crippen molar-refractivity contribution in [2.24, 2.45) is 5.41 Å². The van der Waals surface area contributed by atoms with Crippen LogP contribution in [-0.4, -0.2) is 40.0 Å². The van der Waals surface area contributed by atoms with Gasteiger partial charge in [-0.1, -0.05) is 30.3 Å². The number of fused-ring (bicyclic) bond motifs is 1. The van der Waals surface area contributed by atoms with Crippen LogP contribution in [0.15, 0.2) is 41.9 Å². The summed E-state index contributed by atoms with van der Waals surface area (Å²) in [6.45, 7) is 7.16. The number of benzene rings is 1. The molecule has 0 radical (unpaired) electrons. The largest absolute Gasteiger partial charge is 0.466 e. The molecule has 3 heterocycles. The van der Waals surface area contributed by atoms with Gasteiger partial charge in [0.1, 0.15) is 0 Å². The minimum Gasteiger partial charge on any atom is -0.466 e. The fourth-order valence-electron chi connectivity index (χ4n) is 4.60. The van der Waals surface area contributed by atoms with E-state index in [2.05, 4.69) is 57.1 Å². The quantitative estimate of drug-likeness (QED) is 0.483. The van der Waals surface area contributed by atoms with Gasteiger partial charge in [-0.15, -0.1) is 11.3 Å². The monoisotopic (exact) mass is 425 g/mol. The Balaban J connectivity index is 1.40. The van der Waals surface area contributed by atoms with Crippen LogP contribution in [0.25, 0.3) is 4.96 Å². The highest BCUT2D eigenvalue weighted by Crippen LogP contribution is 2.38. The molecule has 2 aromatic heterocycles. The second-order valence-electron chi connectivity index (χ2n) is 8.32. The highest BCUT2D eigenvalue weighted by atomic mass is 32.1. The first-order valence-corrected chi connectivity index (χ1v) is 11.8. The van der Waals surface area contributed by atoms with Gasteiger partial charge in [-0.25, -0.2) is 4.98 Å². The molecule has 160 valence electrons. The molecule has 1 aromatic carbocycles. The molecule has 1 fully saturated rings. The van der Waals surface area contributed by atoms with Gasteiger partial charge in [0.05, 0.1) is 23.4 Å². The maximum absolute atomic E-state index is 12.9. The highest BCUT2D eigenvalue weighted by Gasteiger charge is 2.42. The Bertz CT molecular complexity index is 971. The average Bonchev–Trinajstić information content (AvgIpc) is 3.32. The topological polar surface area (TPSA) is 46.8 Å². The number of ether oxygens (including phenoxy) is 1. The summed E-state index contributed by atoms with van der Waals surface area (Å²) in [7, 11) is 0. The van der Waals surface area contributed by atoms with Crippen molar-refractivity contribution in [3.05, 3.63) is 58.9 Å². The number of esters is 1. The molecule has 1 aliphatic rings. The number of rotatable bonds is 8. The summed E-state index contributed by atoms with van der Waals surface area (Å²) in [5.74, 6) is -0.00142. The summed E-state index contributed by atoms with van der Waals surface area (Å²) < 4.78 is 7.73. The number of aromatic nitrogens is 2. The van der Waals surface area contributed by atoms with Crippen LogP contribution in [0, 0.1) is 12.3 Å². The molecule has 0 aliphatic carbocycles. The first-order valence-electron chi connectivity index (χ1n) is 11.0. The van der Waals surface area contributed by atoms with E-state index in [-0.39, 0.29) is 11.4 Å². The van der Waals surface area contributed by atoms with Gasteiger partial charge in [0.2, 0.25) is 0 Å². The van der Waals surface area contributed by atoms with E-state index in [4.69, 9.17) is 4.74 Å². The Kier molecular flexibility index (Phi) is 6.54. The summed E-state index contributed by atoms with van der Waals surface area (Å²) in [5.41, 5.74) is 3.36. The van der Waals surface area contributed by atoms with Crippen LogP contribution in [0.2, 0.25) is 0 Å². The summed E-state index contributed by atoms with van der Waals surface area (Å²) in [6.07, 6.45) is 6.76. The lowest BCUT2D eigenvalue weighted by Crippen LogP contribution is -2.45. The normalized spacial score (nSPS) is 16.7. The van der Waals surface area contributed by atoms with Crippen molar-refractivity contribution >= 4 is 22.3 Å². The first kappa shape index (κ1) is 21.1. The Morgan fingerprint density at radius 1 is 1.23 bits per heavy atom. The summed E-state index contributed by atoms with van der Waals surface area (Å²) >= 11 is 1.67. The molecule has 0 amide bonds. The third kappa shape index (κ3) is 4.44. The standard InChI is InChI=1S/C24H31N3O2S/c1-3-29-22(28)24(11-7-10-20-8-5-4-6-9-20)12-14-26(15-13-24)18-21-19(2)25-23-27(21)16-17-30-23/h4-6,8-9,16-17H,3,7,10-15,18H2,1-2H3. The molecule has 5 nitrogen and oxygen atoms in total. The van der Waals surface area contributed by atoms with Gasteiger partial charge in [0.15, 0.2) is 4.96 Å². The number of hydrogen-bond donors (Lipinski definition) is 0. The van der Waals surface area contributed by atoms with Crippen LogP contribution < -0.4 is 0 Å². The van der Waals surface area contributed by atoms with Crippen molar-refractivity contribution in [3.8, 4) is 0 Å². The summed E-state index contributed by atoms with van der Waals surface area (Å²) in [6, 6.07) is 10.5. The van der Waals surface area contributed by atoms with Crippen molar-refractivity contribution in [1.29, 1.82) is 0 Å². The Hall–Kier alpha value is -2.18. The van der Waals surface area contributed by atoms with Crippen molar-refractivity contribution in [3.63, 3.8) is 0 Å². The molecular formula is C24H31N3O2S. The molecule has 0 N–H and O–H groups in total. The molecule has 0 bridgehead atoms. The van der Waals surface area contributed by atoms with E-state index in [0.29, 0.717) is 6.61 Å². The molecule has 0 atom stereocenters. The molecule has 0 unspecified atom stereocenters. The lowest BCUT2D eigenvalue weighted by molar-refractivity contribution is -0.159. The Morgan fingerprint density at radius 2 is 2.00 bits per heavy atom. The number of carbonyl (C=O) groups is 1. The second kappa shape index (κ2) is 9.31. The smallest absolute Gasteiger partial charge is 0.312 e. The number of carbonyl (C=O) groups excluding carboxylic acids is 1. The second-order valence-corrected chi connectivity index (χ2v) is 9.19.